The predicted octanol–water partition coefficient (Wildman–Crippen LogP) is 9.86. The molecule has 0 spiro atoms. The summed E-state index contributed by atoms with van der Waals surface area (Å²) in [4.78, 5) is 5.76. The minimum atomic E-state index is -0.533. The summed E-state index contributed by atoms with van der Waals surface area (Å²) in [6, 6.07) is 4.58. The quantitative estimate of drug-likeness (QED) is 0.123. The molecule has 1 saturated carbocycles. The summed E-state index contributed by atoms with van der Waals surface area (Å²) in [5, 5.41) is 0. The molecule has 0 amide bonds. The second-order valence-corrected chi connectivity index (χ2v) is 18.3. The zero-order valence-corrected chi connectivity index (χ0v) is 31.6. The zero-order valence-electron chi connectivity index (χ0n) is 29.8. The molecule has 5 nitrogen and oxygen atoms in total. The van der Waals surface area contributed by atoms with E-state index in [1.54, 1.807) is 0 Å². The van der Waals surface area contributed by atoms with Crippen molar-refractivity contribution in [2.24, 2.45) is 4.99 Å². The first-order valence-electron chi connectivity index (χ1n) is 16.7. The molecule has 0 N–H and O–H groups in total. The Morgan fingerprint density at radius 3 is 0.950 bits per heavy atom. The normalized spacial score (nSPS) is 16.2. The first kappa shape index (κ1) is 38.4. The molecular formula is C33H71N5P2. The molecule has 1 fully saturated rings. The van der Waals surface area contributed by atoms with Crippen LogP contribution >= 0.6 is 16.4 Å². The Morgan fingerprint density at radius 1 is 0.475 bits per heavy atom. The fraction of sp³-hybridized carbons (Fsp3) is 0.970. The number of aliphatic imine (C=N–C) groups is 1. The van der Waals surface area contributed by atoms with Crippen molar-refractivity contribution in [3.05, 3.63) is 0 Å². The van der Waals surface area contributed by atoms with E-state index in [1.165, 1.54) is 37.8 Å². The summed E-state index contributed by atoms with van der Waals surface area (Å²) in [7, 11) is -1.07. The molecule has 0 aromatic carbocycles. The van der Waals surface area contributed by atoms with Crippen LogP contribution in [0, 0.1) is 0 Å². The number of nitrogens with zero attached hydrogens (tertiary/aromatic N) is 5. The summed E-state index contributed by atoms with van der Waals surface area (Å²) in [5.41, 5.74) is 1.50. The van der Waals surface area contributed by atoms with Crippen molar-refractivity contribution in [2.75, 3.05) is 12.3 Å². The van der Waals surface area contributed by atoms with Crippen LogP contribution in [0.3, 0.4) is 0 Å². The van der Waals surface area contributed by atoms with Crippen LogP contribution in [0.5, 0.6) is 0 Å². The Balaban J connectivity index is 3.78. The van der Waals surface area contributed by atoms with Gasteiger partial charge >= 0.3 is 0 Å². The number of rotatable bonds is 17. The highest BCUT2D eigenvalue weighted by Crippen LogP contribution is 2.53. The SMILES string of the molecule is CC(C)N(C(C)C)P(CC(CP(N(C(C)C)C(C)C)N(C(C)C)C(C)C)=NC1CCCCC1)N(C(C)C)C(C)C. The van der Waals surface area contributed by atoms with Crippen molar-refractivity contribution in [1.82, 2.24) is 18.7 Å². The van der Waals surface area contributed by atoms with Crippen LogP contribution in [0.1, 0.15) is 143 Å². The maximum atomic E-state index is 5.76. The monoisotopic (exact) mass is 600 g/mol. The van der Waals surface area contributed by atoms with Gasteiger partial charge < -0.3 is 0 Å². The molecule has 0 aromatic heterocycles. The van der Waals surface area contributed by atoms with Crippen LogP contribution in [0.25, 0.3) is 0 Å². The van der Waals surface area contributed by atoms with Crippen LogP contribution in [0.2, 0.25) is 0 Å². The maximum Gasteiger partial charge on any atom is 0.0499 e. The molecule has 7 heteroatoms. The van der Waals surface area contributed by atoms with E-state index in [4.69, 9.17) is 4.99 Å². The van der Waals surface area contributed by atoms with Crippen LogP contribution in [-0.4, -0.2) is 91.1 Å². The van der Waals surface area contributed by atoms with E-state index in [-0.39, 0.29) is 0 Å². The van der Waals surface area contributed by atoms with Crippen molar-refractivity contribution >= 4 is 22.2 Å². The van der Waals surface area contributed by atoms with Gasteiger partial charge in [0.1, 0.15) is 0 Å². The van der Waals surface area contributed by atoms with Crippen molar-refractivity contribution in [3.63, 3.8) is 0 Å². The predicted molar refractivity (Wildman–Crippen MR) is 186 cm³/mol. The van der Waals surface area contributed by atoms with Crippen LogP contribution in [0.4, 0.5) is 0 Å². The van der Waals surface area contributed by atoms with E-state index in [1.807, 2.05) is 0 Å². The van der Waals surface area contributed by atoms with Crippen molar-refractivity contribution in [3.8, 4) is 0 Å². The second kappa shape index (κ2) is 18.2. The number of hydrogen-bond acceptors (Lipinski definition) is 5. The lowest BCUT2D eigenvalue weighted by Crippen LogP contribution is -2.46. The molecular weight excluding hydrogens is 528 g/mol. The van der Waals surface area contributed by atoms with E-state index >= 15 is 0 Å². The Morgan fingerprint density at radius 2 is 0.725 bits per heavy atom. The van der Waals surface area contributed by atoms with Gasteiger partial charge in [-0.3, -0.25) is 23.7 Å². The molecule has 238 valence electrons. The molecule has 0 saturated heterocycles. The summed E-state index contributed by atoms with van der Waals surface area (Å²) >= 11 is 0. The molecule has 0 heterocycles. The molecule has 1 aliphatic carbocycles. The van der Waals surface area contributed by atoms with Crippen molar-refractivity contribution in [1.29, 1.82) is 0 Å². The molecule has 0 atom stereocenters. The highest BCUT2D eigenvalue weighted by Gasteiger charge is 2.37. The van der Waals surface area contributed by atoms with E-state index in [2.05, 4.69) is 129 Å². The third kappa shape index (κ3) is 11.5. The minimum Gasteiger partial charge on any atom is -0.290 e. The van der Waals surface area contributed by atoms with Gasteiger partial charge in [-0.2, -0.15) is 0 Å². The zero-order chi connectivity index (χ0) is 30.9. The van der Waals surface area contributed by atoms with Gasteiger partial charge in [0.05, 0.1) is 0 Å². The third-order valence-electron chi connectivity index (χ3n) is 7.89. The highest BCUT2D eigenvalue weighted by molar-refractivity contribution is 7.56. The summed E-state index contributed by atoms with van der Waals surface area (Å²) in [5.74, 6) is 0. The lowest BCUT2D eigenvalue weighted by atomic mass is 9.96. The molecule has 0 radical (unpaired) electrons. The Kier molecular flexibility index (Phi) is 17.5. The second-order valence-electron chi connectivity index (χ2n) is 14.3. The number of hydrogen-bond donors (Lipinski definition) is 0. The Bertz CT molecular complexity index is 594. The van der Waals surface area contributed by atoms with E-state index in [0.717, 1.165) is 12.3 Å². The first-order valence-corrected chi connectivity index (χ1v) is 19.6. The van der Waals surface area contributed by atoms with Crippen LogP contribution < -0.4 is 0 Å². The van der Waals surface area contributed by atoms with Gasteiger partial charge in [-0.15, -0.1) is 0 Å². The van der Waals surface area contributed by atoms with Crippen LogP contribution in [0.15, 0.2) is 4.99 Å². The van der Waals surface area contributed by atoms with E-state index in [0.29, 0.717) is 54.4 Å². The van der Waals surface area contributed by atoms with E-state index < -0.39 is 16.4 Å². The standard InChI is InChI=1S/C33H71N5P2/c1-24(2)35(25(3)4)39(36(26(5)6)27(7)8)22-33(34-32-20-18-17-19-21-32)23-40(37(28(9)10)29(11)12)38(30(13)14)31(15)16/h24-32H,17-23H2,1-16H3. The van der Waals surface area contributed by atoms with Gasteiger partial charge in [0.15, 0.2) is 0 Å². The summed E-state index contributed by atoms with van der Waals surface area (Å²) in [6.07, 6.45) is 8.81. The van der Waals surface area contributed by atoms with E-state index in [9.17, 15) is 0 Å². The lowest BCUT2D eigenvalue weighted by molar-refractivity contribution is 0.257. The van der Waals surface area contributed by atoms with Gasteiger partial charge in [0, 0.05) is 88.9 Å². The summed E-state index contributed by atoms with van der Waals surface area (Å²) < 4.78 is 11.3. The molecule has 0 unspecified atom stereocenters. The van der Waals surface area contributed by atoms with Gasteiger partial charge in [0.2, 0.25) is 0 Å². The van der Waals surface area contributed by atoms with Gasteiger partial charge in [-0.1, -0.05) is 19.3 Å². The van der Waals surface area contributed by atoms with Crippen molar-refractivity contribution in [2.45, 2.75) is 197 Å². The lowest BCUT2D eigenvalue weighted by Gasteiger charge is -2.49. The van der Waals surface area contributed by atoms with Crippen molar-refractivity contribution < 1.29 is 0 Å². The molecule has 0 bridgehead atoms. The first-order chi connectivity index (χ1) is 18.5. The summed E-state index contributed by atoms with van der Waals surface area (Å²) in [6.45, 7) is 38.4. The van der Waals surface area contributed by atoms with Gasteiger partial charge in [0.25, 0.3) is 0 Å². The fourth-order valence-corrected chi connectivity index (χ4v) is 13.6. The largest absolute Gasteiger partial charge is 0.290 e. The fourth-order valence-electron chi connectivity index (χ4n) is 7.01. The Labute approximate surface area is 255 Å². The molecule has 0 aromatic rings. The van der Waals surface area contributed by atoms with Gasteiger partial charge in [-0.25, -0.2) is 0 Å². The minimum absolute atomic E-state index is 0.508. The van der Waals surface area contributed by atoms with Gasteiger partial charge in [-0.05, 0) is 124 Å². The average molecular weight is 600 g/mol. The molecule has 1 aliphatic rings. The Hall–Kier alpha value is 0.370. The molecule has 1 rings (SSSR count). The molecule has 40 heavy (non-hydrogen) atoms. The maximum absolute atomic E-state index is 5.76. The molecule has 0 aliphatic heterocycles. The third-order valence-corrected chi connectivity index (χ3v) is 15.0. The average Bonchev–Trinajstić information content (AvgIpc) is 2.77. The van der Waals surface area contributed by atoms with Crippen LogP contribution in [-0.2, 0) is 0 Å². The topological polar surface area (TPSA) is 25.3 Å². The highest BCUT2D eigenvalue weighted by atomic mass is 31.1. The smallest absolute Gasteiger partial charge is 0.0499 e.